The molecule has 19 heteroatoms. The maximum atomic E-state index is 15.2. The van der Waals surface area contributed by atoms with E-state index in [9.17, 15) is 30.6 Å². The minimum atomic E-state index is -2.65. The Balaban J connectivity index is 1.10. The summed E-state index contributed by atoms with van der Waals surface area (Å²) in [6.07, 6.45) is 0. The fraction of sp³-hybridized carbons (Fsp3) is 0.0588. The molecule has 4 aromatic carbocycles. The molecule has 0 spiro atoms. The van der Waals surface area contributed by atoms with Crippen molar-refractivity contribution in [1.82, 2.24) is 9.97 Å². The van der Waals surface area contributed by atoms with Gasteiger partial charge in [-0.3, -0.25) is 9.59 Å². The number of nitrogens with zero attached hydrogens (tertiary/aromatic N) is 8. The lowest BCUT2D eigenvalue weighted by molar-refractivity contribution is -0.183. The standard InChI is InChI=1S/C51H22N8O7S4/c52-19-27(20-53)33-29-15-7-9-17-31(29)38(60)36(33)56-49-58-45-42(69-49)35-41(67-45)43-40(66-51(35,47(62)64-23-25-11-3-1-4-12-25)48(63)65-24-26-13-5-2-6-14-26)44-46(68-43)59-50(70-44)57-37-34(28(21-54)22-55)30-16-8-10-18-32(30)39(37)61/h1-18H,23-24H2/b56-36-,57-37-. The van der Waals surface area contributed by atoms with Gasteiger partial charge in [0.25, 0.3) is 0 Å². The van der Waals surface area contributed by atoms with Gasteiger partial charge in [-0.15, -0.1) is 22.7 Å². The van der Waals surface area contributed by atoms with Gasteiger partial charge >= 0.3 is 17.5 Å². The summed E-state index contributed by atoms with van der Waals surface area (Å²) >= 11 is 4.24. The number of hydrogen-bond acceptors (Lipinski definition) is 19. The first kappa shape index (κ1) is 43.5. The summed E-state index contributed by atoms with van der Waals surface area (Å²) in [6, 6.07) is 38.3. The van der Waals surface area contributed by atoms with Gasteiger partial charge in [0.15, 0.2) is 5.75 Å². The molecule has 0 bridgehead atoms. The molecular weight excluding hydrogens is 965 g/mol. The molecule has 70 heavy (non-hydrogen) atoms. The molecule has 0 saturated carbocycles. The van der Waals surface area contributed by atoms with Crippen LogP contribution in [0.1, 0.15) is 48.5 Å². The Labute approximate surface area is 410 Å². The van der Waals surface area contributed by atoms with Crippen molar-refractivity contribution in [2.75, 3.05) is 0 Å². The predicted molar refractivity (Wildman–Crippen MR) is 261 cm³/mol. The van der Waals surface area contributed by atoms with Crippen molar-refractivity contribution in [3.63, 3.8) is 0 Å². The number of benzene rings is 4. The van der Waals surface area contributed by atoms with Crippen LogP contribution in [-0.2, 0) is 37.9 Å². The highest BCUT2D eigenvalue weighted by Crippen LogP contribution is 2.61. The van der Waals surface area contributed by atoms with Crippen molar-refractivity contribution in [2.24, 2.45) is 9.98 Å². The van der Waals surface area contributed by atoms with E-state index in [1.807, 2.05) is 24.3 Å². The number of thiazole rings is 2. The average molecular weight is 987 g/mol. The van der Waals surface area contributed by atoms with Crippen molar-refractivity contribution in [2.45, 2.75) is 18.8 Å². The number of allylic oxidation sites excluding steroid dienone is 4. The second kappa shape index (κ2) is 17.2. The third-order valence-corrected chi connectivity index (χ3v) is 15.9. The lowest BCUT2D eigenvalue weighted by Gasteiger charge is -2.33. The second-order valence-corrected chi connectivity index (χ2v) is 19.3. The molecule has 0 unspecified atom stereocenters. The normalized spacial score (nSPS) is 15.0. The number of Topliss-reactive ketones (excluding diaryl/α,β-unsaturated/α-hetero) is 2. The van der Waals surface area contributed by atoms with Gasteiger partial charge in [0, 0.05) is 22.3 Å². The van der Waals surface area contributed by atoms with Gasteiger partial charge in [0.05, 0.1) is 20.0 Å². The summed E-state index contributed by atoms with van der Waals surface area (Å²) in [7, 11) is 0. The lowest BCUT2D eigenvalue weighted by atomic mass is 9.91. The molecule has 0 amide bonds. The van der Waals surface area contributed by atoms with Crippen molar-refractivity contribution < 1.29 is 33.4 Å². The number of ether oxygens (including phenoxy) is 3. The van der Waals surface area contributed by atoms with Crippen LogP contribution < -0.4 is 4.74 Å². The molecule has 8 aromatic rings. The zero-order valence-corrected chi connectivity index (χ0v) is 38.6. The number of carbonyl (C=O) groups excluding carboxylic acids is 4. The van der Waals surface area contributed by atoms with E-state index in [0.717, 1.165) is 34.0 Å². The van der Waals surface area contributed by atoms with Crippen LogP contribution in [0.5, 0.6) is 5.75 Å². The van der Waals surface area contributed by atoms with E-state index in [2.05, 4.69) is 9.98 Å². The van der Waals surface area contributed by atoms with Crippen LogP contribution in [-0.4, -0.2) is 44.9 Å². The van der Waals surface area contributed by atoms with E-state index >= 15 is 9.59 Å². The molecule has 332 valence electrons. The summed E-state index contributed by atoms with van der Waals surface area (Å²) in [4.78, 5) is 78.3. The topological polar surface area (TPSA) is 242 Å². The number of hydrogen-bond donors (Lipinski definition) is 0. The van der Waals surface area contributed by atoms with E-state index in [0.29, 0.717) is 46.4 Å². The smallest absolute Gasteiger partial charge is 0.367 e. The zero-order chi connectivity index (χ0) is 48.3. The Bertz CT molecular complexity index is 3870. The summed E-state index contributed by atoms with van der Waals surface area (Å²) in [5.74, 6) is -3.18. The second-order valence-electron chi connectivity index (χ2n) is 15.4. The number of nitriles is 4. The van der Waals surface area contributed by atoms with Crippen LogP contribution in [0.25, 0.3) is 40.0 Å². The largest absolute Gasteiger partial charge is 0.457 e. The predicted octanol–water partition coefficient (Wildman–Crippen LogP) is 10.3. The number of aromatic nitrogens is 2. The molecule has 0 atom stereocenters. The third-order valence-electron chi connectivity index (χ3n) is 11.4. The lowest BCUT2D eigenvalue weighted by Crippen LogP contribution is -2.52. The maximum Gasteiger partial charge on any atom is 0.367 e. The Morgan fingerprint density at radius 1 is 0.557 bits per heavy atom. The van der Waals surface area contributed by atoms with Crippen molar-refractivity contribution in [3.05, 3.63) is 159 Å². The fourth-order valence-electron chi connectivity index (χ4n) is 8.29. The van der Waals surface area contributed by atoms with E-state index in [-0.39, 0.29) is 84.3 Å². The van der Waals surface area contributed by atoms with Gasteiger partial charge < -0.3 is 14.2 Å². The fourth-order valence-corrected chi connectivity index (χ4v) is 13.0. The van der Waals surface area contributed by atoms with Crippen LogP contribution in [0.2, 0.25) is 0 Å². The van der Waals surface area contributed by atoms with Crippen LogP contribution >= 0.6 is 45.3 Å². The number of aliphatic imine (C=N–C) groups is 2. The van der Waals surface area contributed by atoms with Crippen LogP contribution in [0.3, 0.4) is 0 Å². The van der Waals surface area contributed by atoms with Gasteiger partial charge in [0.1, 0.15) is 74.4 Å². The molecule has 2 aliphatic carbocycles. The van der Waals surface area contributed by atoms with Gasteiger partial charge in [-0.25, -0.2) is 29.5 Å². The molecule has 0 N–H and O–H groups in total. The Kier molecular flexibility index (Phi) is 10.7. The molecule has 0 radical (unpaired) electrons. The van der Waals surface area contributed by atoms with Crippen molar-refractivity contribution >= 4 is 121 Å². The zero-order valence-electron chi connectivity index (χ0n) is 35.4. The van der Waals surface area contributed by atoms with Crippen LogP contribution in [0, 0.1) is 45.3 Å². The Morgan fingerprint density at radius 2 is 0.971 bits per heavy atom. The summed E-state index contributed by atoms with van der Waals surface area (Å²) < 4.78 is 19.5. The third kappa shape index (κ3) is 6.85. The summed E-state index contributed by atoms with van der Waals surface area (Å²) in [6.45, 7) is -0.515. The molecule has 1 aliphatic heterocycles. The average Bonchev–Trinajstić information content (AvgIpc) is 4.24. The minimum absolute atomic E-state index is 0.0218. The van der Waals surface area contributed by atoms with Crippen molar-refractivity contribution in [3.8, 4) is 39.8 Å². The number of thiophene rings is 2. The first-order valence-corrected chi connectivity index (χ1v) is 24.0. The minimum Gasteiger partial charge on any atom is -0.457 e. The molecule has 3 aliphatic rings. The highest BCUT2D eigenvalue weighted by Gasteiger charge is 2.60. The molecule has 4 aromatic heterocycles. The monoisotopic (exact) mass is 986 g/mol. The first-order valence-electron chi connectivity index (χ1n) is 20.7. The van der Waals surface area contributed by atoms with Gasteiger partial charge in [-0.1, -0.05) is 132 Å². The summed E-state index contributed by atoms with van der Waals surface area (Å²) in [5.41, 5.74) is -0.889. The summed E-state index contributed by atoms with van der Waals surface area (Å²) in [5, 5.41) is 39.7. The van der Waals surface area contributed by atoms with Crippen molar-refractivity contribution in [1.29, 1.82) is 21.0 Å². The molecule has 15 nitrogen and oxygen atoms in total. The molecule has 0 saturated heterocycles. The van der Waals surface area contributed by atoms with E-state index < -0.39 is 29.1 Å². The van der Waals surface area contributed by atoms with Gasteiger partial charge in [-0.05, 0) is 22.3 Å². The van der Waals surface area contributed by atoms with Gasteiger partial charge in [0.2, 0.25) is 21.8 Å². The Morgan fingerprint density at radius 3 is 1.44 bits per heavy atom. The van der Waals surface area contributed by atoms with Crippen LogP contribution in [0.15, 0.2) is 130 Å². The number of rotatable bonds is 8. The molecular formula is C51H22N8O7S4. The number of esters is 2. The number of carbonyl (C=O) groups is 4. The highest BCUT2D eigenvalue weighted by molar-refractivity contribution is 7.35. The molecule has 0 fully saturated rings. The van der Waals surface area contributed by atoms with E-state index in [1.165, 1.54) is 11.3 Å². The molecule has 5 heterocycles. The molecule has 11 rings (SSSR count). The SMILES string of the molecule is N#CC(C#N)=C1/C(=N/c2nc3sc4c(c3s2)OC(C(=O)OCc2ccccc2)(C(=O)OCc2ccccc2)c2c-4sc3nc(/N=C4\C(=O)c5ccccc5C4=C(C#N)C#N)sc23)C(=O)c2ccccc21. The number of fused-ring (bicyclic) bond motifs is 9. The quantitative estimate of drug-likeness (QED) is 0.0782. The van der Waals surface area contributed by atoms with E-state index in [1.54, 1.807) is 109 Å². The Hall–Kier alpha value is -9.08. The van der Waals surface area contributed by atoms with Gasteiger partial charge in [-0.2, -0.15) is 21.0 Å². The number of ketones is 2. The highest BCUT2D eigenvalue weighted by atomic mass is 32.1. The first-order chi connectivity index (χ1) is 34.2. The maximum absolute atomic E-state index is 15.2. The van der Waals surface area contributed by atoms with Crippen LogP contribution in [0.4, 0.5) is 10.3 Å². The van der Waals surface area contributed by atoms with E-state index in [4.69, 9.17) is 24.2 Å².